The van der Waals surface area contributed by atoms with Crippen molar-refractivity contribution in [2.75, 3.05) is 53.4 Å². The van der Waals surface area contributed by atoms with E-state index in [0.29, 0.717) is 6.54 Å². The molecule has 1 aliphatic rings. The molecule has 148 valence electrons. The minimum atomic E-state index is 0.149. The first-order valence-corrected chi connectivity index (χ1v) is 10.0. The van der Waals surface area contributed by atoms with Crippen LogP contribution in [-0.4, -0.2) is 69.1 Å². The molecule has 2 N–H and O–H groups in total. The second-order valence-electron chi connectivity index (χ2n) is 7.52. The Balaban J connectivity index is 1.76. The average Bonchev–Trinajstić information content (AvgIpc) is 3.14. The van der Waals surface area contributed by atoms with E-state index in [1.54, 1.807) is 6.26 Å². The summed E-state index contributed by atoms with van der Waals surface area (Å²) in [6, 6.07) is 4.09. The lowest BCUT2D eigenvalue weighted by molar-refractivity contribution is 0.191. The van der Waals surface area contributed by atoms with Gasteiger partial charge in [-0.15, -0.1) is 0 Å². The van der Waals surface area contributed by atoms with Gasteiger partial charge in [0, 0.05) is 13.1 Å². The molecule has 26 heavy (non-hydrogen) atoms. The van der Waals surface area contributed by atoms with Crippen LogP contribution in [0.5, 0.6) is 0 Å². The fourth-order valence-corrected chi connectivity index (χ4v) is 3.30. The van der Waals surface area contributed by atoms with E-state index >= 15 is 0 Å². The number of nitrogens with one attached hydrogen (secondary N) is 2. The average molecular weight is 364 g/mol. The highest BCUT2D eigenvalue weighted by molar-refractivity contribution is 5.79. The van der Waals surface area contributed by atoms with Gasteiger partial charge in [0.05, 0.1) is 18.8 Å². The summed E-state index contributed by atoms with van der Waals surface area (Å²) in [4.78, 5) is 9.49. The third-order valence-electron chi connectivity index (χ3n) is 5.08. The van der Waals surface area contributed by atoms with Crippen molar-refractivity contribution < 1.29 is 4.42 Å². The van der Waals surface area contributed by atoms with E-state index in [4.69, 9.17) is 9.41 Å². The number of hydrogen-bond donors (Lipinski definition) is 2. The number of likely N-dealkylation sites (tertiary alicyclic amines) is 1. The van der Waals surface area contributed by atoms with Gasteiger partial charge in [-0.05, 0) is 78.0 Å². The van der Waals surface area contributed by atoms with Gasteiger partial charge in [-0.2, -0.15) is 0 Å². The van der Waals surface area contributed by atoms with Crippen LogP contribution in [0.4, 0.5) is 0 Å². The number of guanidine groups is 1. The zero-order chi connectivity index (χ0) is 18.8. The summed E-state index contributed by atoms with van der Waals surface area (Å²) in [5.41, 5.74) is 0. The molecule has 0 spiro atoms. The molecule has 2 heterocycles. The van der Waals surface area contributed by atoms with Crippen molar-refractivity contribution >= 4 is 5.96 Å². The number of aliphatic imine (C=N–C) groups is 1. The molecule has 0 amide bonds. The number of hydrogen-bond acceptors (Lipinski definition) is 4. The molecule has 1 aromatic rings. The molecule has 1 unspecified atom stereocenters. The third-order valence-corrected chi connectivity index (χ3v) is 5.08. The Hall–Kier alpha value is -1.53. The van der Waals surface area contributed by atoms with Gasteiger partial charge in [-0.1, -0.05) is 6.92 Å². The Morgan fingerprint density at radius 2 is 2.12 bits per heavy atom. The number of furan rings is 1. The van der Waals surface area contributed by atoms with Gasteiger partial charge in [0.1, 0.15) is 5.76 Å². The van der Waals surface area contributed by atoms with Crippen molar-refractivity contribution in [2.45, 2.75) is 39.2 Å². The van der Waals surface area contributed by atoms with Gasteiger partial charge in [0.15, 0.2) is 5.96 Å². The largest absolute Gasteiger partial charge is 0.468 e. The van der Waals surface area contributed by atoms with Gasteiger partial charge in [-0.3, -0.25) is 9.89 Å². The molecular formula is C20H37N5O. The molecule has 6 nitrogen and oxygen atoms in total. The predicted molar refractivity (Wildman–Crippen MR) is 109 cm³/mol. The maximum Gasteiger partial charge on any atom is 0.191 e. The normalized spacial score (nSPS) is 18.3. The zero-order valence-electron chi connectivity index (χ0n) is 17.0. The van der Waals surface area contributed by atoms with Crippen LogP contribution in [0.15, 0.2) is 27.8 Å². The highest BCUT2D eigenvalue weighted by atomic mass is 16.3. The Bertz CT molecular complexity index is 506. The molecule has 1 aromatic heterocycles. The van der Waals surface area contributed by atoms with Crippen molar-refractivity contribution in [1.29, 1.82) is 0 Å². The number of piperidine rings is 1. The third kappa shape index (κ3) is 7.00. The quantitative estimate of drug-likeness (QED) is 0.401. The van der Waals surface area contributed by atoms with Crippen LogP contribution in [-0.2, 0) is 0 Å². The summed E-state index contributed by atoms with van der Waals surface area (Å²) in [5, 5.41) is 6.81. The zero-order valence-corrected chi connectivity index (χ0v) is 17.0. The number of likely N-dealkylation sites (N-methyl/N-ethyl adjacent to an activating group) is 1. The highest BCUT2D eigenvalue weighted by Gasteiger charge is 2.17. The monoisotopic (exact) mass is 363 g/mol. The van der Waals surface area contributed by atoms with Gasteiger partial charge in [0.2, 0.25) is 0 Å². The SMILES string of the molecule is CCNC(=NCC(c1ccco1)N(C)C)NCCCN1CCC(C)CC1. The fraction of sp³-hybridized carbons (Fsp3) is 0.750. The molecule has 0 aromatic carbocycles. The molecule has 1 saturated heterocycles. The van der Waals surface area contributed by atoms with E-state index in [9.17, 15) is 0 Å². The maximum atomic E-state index is 5.57. The molecule has 0 bridgehead atoms. The van der Waals surface area contributed by atoms with E-state index < -0.39 is 0 Å². The van der Waals surface area contributed by atoms with E-state index in [0.717, 1.165) is 37.1 Å². The summed E-state index contributed by atoms with van der Waals surface area (Å²) >= 11 is 0. The lowest BCUT2D eigenvalue weighted by atomic mass is 9.99. The molecule has 2 rings (SSSR count). The summed E-state index contributed by atoms with van der Waals surface area (Å²) in [5.74, 6) is 2.74. The fourth-order valence-electron chi connectivity index (χ4n) is 3.30. The van der Waals surface area contributed by atoms with Crippen molar-refractivity contribution in [3.05, 3.63) is 24.2 Å². The first-order valence-electron chi connectivity index (χ1n) is 10.0. The van der Waals surface area contributed by atoms with Crippen molar-refractivity contribution in [3.63, 3.8) is 0 Å². The lowest BCUT2D eigenvalue weighted by Crippen LogP contribution is -2.40. The van der Waals surface area contributed by atoms with Crippen LogP contribution < -0.4 is 10.6 Å². The van der Waals surface area contributed by atoms with Crippen LogP contribution in [0.3, 0.4) is 0 Å². The van der Waals surface area contributed by atoms with Crippen molar-refractivity contribution in [3.8, 4) is 0 Å². The molecule has 1 aliphatic heterocycles. The Morgan fingerprint density at radius 1 is 1.35 bits per heavy atom. The Kier molecular flexibility index (Phi) is 8.98. The second kappa shape index (κ2) is 11.2. The molecule has 1 atom stereocenters. The summed E-state index contributed by atoms with van der Waals surface area (Å²) in [6.07, 6.45) is 5.56. The predicted octanol–water partition coefficient (Wildman–Crippen LogP) is 2.56. The minimum absolute atomic E-state index is 0.149. The molecule has 0 saturated carbocycles. The van der Waals surface area contributed by atoms with E-state index in [1.165, 1.54) is 32.5 Å². The number of nitrogens with zero attached hydrogens (tertiary/aromatic N) is 3. The summed E-state index contributed by atoms with van der Waals surface area (Å²) < 4.78 is 5.57. The molecule has 0 radical (unpaired) electrons. The van der Waals surface area contributed by atoms with Gasteiger partial charge in [-0.25, -0.2) is 0 Å². The maximum absolute atomic E-state index is 5.57. The van der Waals surface area contributed by atoms with Crippen LogP contribution >= 0.6 is 0 Å². The molecule has 1 fully saturated rings. The van der Waals surface area contributed by atoms with Crippen LogP contribution in [0.2, 0.25) is 0 Å². The Morgan fingerprint density at radius 3 is 2.73 bits per heavy atom. The van der Waals surface area contributed by atoms with Crippen molar-refractivity contribution in [1.82, 2.24) is 20.4 Å². The molecule has 6 heteroatoms. The minimum Gasteiger partial charge on any atom is -0.468 e. The first kappa shape index (κ1) is 20.8. The van der Waals surface area contributed by atoms with E-state index in [2.05, 4.69) is 48.4 Å². The van der Waals surface area contributed by atoms with E-state index in [-0.39, 0.29) is 6.04 Å². The smallest absolute Gasteiger partial charge is 0.191 e. The second-order valence-corrected chi connectivity index (χ2v) is 7.52. The topological polar surface area (TPSA) is 56.0 Å². The molecule has 0 aliphatic carbocycles. The standard InChI is InChI=1S/C20H37N5O/c1-5-21-20(22-11-7-12-25-13-9-17(2)10-14-25)23-16-18(24(3)4)19-8-6-15-26-19/h6,8,15,17-18H,5,7,9-14,16H2,1-4H3,(H2,21,22,23). The van der Waals surface area contributed by atoms with E-state index in [1.807, 2.05) is 12.1 Å². The van der Waals surface area contributed by atoms with Crippen LogP contribution in [0.1, 0.15) is 44.9 Å². The van der Waals surface area contributed by atoms with Gasteiger partial charge < -0.3 is 20.0 Å². The lowest BCUT2D eigenvalue weighted by Gasteiger charge is -2.30. The summed E-state index contributed by atoms with van der Waals surface area (Å²) in [6.45, 7) is 10.6. The Labute approximate surface area is 159 Å². The highest BCUT2D eigenvalue weighted by Crippen LogP contribution is 2.18. The molecular weight excluding hydrogens is 326 g/mol. The number of rotatable bonds is 9. The van der Waals surface area contributed by atoms with Crippen LogP contribution in [0, 0.1) is 5.92 Å². The van der Waals surface area contributed by atoms with Crippen molar-refractivity contribution in [2.24, 2.45) is 10.9 Å². The first-order chi connectivity index (χ1) is 12.6. The van der Waals surface area contributed by atoms with Gasteiger partial charge in [0.25, 0.3) is 0 Å². The van der Waals surface area contributed by atoms with Crippen LogP contribution in [0.25, 0.3) is 0 Å². The summed E-state index contributed by atoms with van der Waals surface area (Å²) in [7, 11) is 4.12. The van der Waals surface area contributed by atoms with Gasteiger partial charge >= 0.3 is 0 Å².